The minimum absolute atomic E-state index is 0.419. The van der Waals surface area contributed by atoms with Gasteiger partial charge in [-0.2, -0.15) is 0 Å². The van der Waals surface area contributed by atoms with E-state index in [4.69, 9.17) is 14.2 Å². The van der Waals surface area contributed by atoms with Gasteiger partial charge in [0.1, 0.15) is 10.9 Å². The SMILES string of the molecule is C1CCC(SCCOCCSC2CCCCO2)OC1. The molecular formula is C14H26O3S2. The Labute approximate surface area is 125 Å². The van der Waals surface area contributed by atoms with Crippen LogP contribution in [-0.4, -0.2) is 48.8 Å². The summed E-state index contributed by atoms with van der Waals surface area (Å²) in [5.74, 6) is 2.10. The molecule has 2 unspecified atom stereocenters. The molecule has 2 aliphatic heterocycles. The Morgan fingerprint density at radius 3 is 1.74 bits per heavy atom. The van der Waals surface area contributed by atoms with Crippen LogP contribution in [0.3, 0.4) is 0 Å². The van der Waals surface area contributed by atoms with Gasteiger partial charge in [0.15, 0.2) is 0 Å². The minimum atomic E-state index is 0.419. The van der Waals surface area contributed by atoms with Crippen LogP contribution >= 0.6 is 23.5 Å². The zero-order chi connectivity index (χ0) is 13.2. The summed E-state index contributed by atoms with van der Waals surface area (Å²) in [6, 6.07) is 0. The van der Waals surface area contributed by atoms with Crippen molar-refractivity contribution in [2.45, 2.75) is 49.4 Å². The summed E-state index contributed by atoms with van der Waals surface area (Å²) < 4.78 is 17.0. The Bertz CT molecular complexity index is 195. The first-order valence-corrected chi connectivity index (χ1v) is 9.59. The maximum atomic E-state index is 5.67. The molecule has 0 spiro atoms. The topological polar surface area (TPSA) is 27.7 Å². The predicted octanol–water partition coefficient (Wildman–Crippen LogP) is 3.52. The number of hydrogen-bond acceptors (Lipinski definition) is 5. The Kier molecular flexibility index (Phi) is 8.67. The van der Waals surface area contributed by atoms with Crippen molar-refractivity contribution in [2.24, 2.45) is 0 Å². The highest BCUT2D eigenvalue weighted by molar-refractivity contribution is 8.00. The molecule has 2 fully saturated rings. The third-order valence-corrected chi connectivity index (χ3v) is 5.63. The first-order chi connectivity index (χ1) is 9.45. The average Bonchev–Trinajstić information content (AvgIpc) is 2.48. The molecule has 112 valence electrons. The van der Waals surface area contributed by atoms with E-state index in [0.717, 1.165) is 37.9 Å². The highest BCUT2D eigenvalue weighted by Gasteiger charge is 2.14. The van der Waals surface area contributed by atoms with Crippen LogP contribution in [0.1, 0.15) is 38.5 Å². The minimum Gasteiger partial charge on any atom is -0.380 e. The smallest absolute Gasteiger partial charge is 0.103 e. The first-order valence-electron chi connectivity index (χ1n) is 7.49. The van der Waals surface area contributed by atoms with E-state index >= 15 is 0 Å². The number of rotatable bonds is 8. The molecule has 0 saturated carbocycles. The standard InChI is InChI=1S/C14H26O3S2/c1-3-7-16-13(5-1)18-11-9-15-10-12-19-14-6-2-4-8-17-14/h13-14H,1-12H2. The van der Waals surface area contributed by atoms with Gasteiger partial charge >= 0.3 is 0 Å². The molecule has 2 heterocycles. The lowest BCUT2D eigenvalue weighted by Gasteiger charge is -2.22. The first kappa shape index (κ1) is 16.0. The summed E-state index contributed by atoms with van der Waals surface area (Å²) in [4.78, 5) is 0. The normalized spacial score (nSPS) is 28.4. The third-order valence-electron chi connectivity index (χ3n) is 3.34. The van der Waals surface area contributed by atoms with E-state index in [1.54, 1.807) is 0 Å². The van der Waals surface area contributed by atoms with E-state index in [2.05, 4.69) is 0 Å². The van der Waals surface area contributed by atoms with Crippen molar-refractivity contribution in [2.75, 3.05) is 37.9 Å². The monoisotopic (exact) mass is 306 g/mol. The molecule has 2 saturated heterocycles. The van der Waals surface area contributed by atoms with Gasteiger partial charge in [0.05, 0.1) is 13.2 Å². The highest BCUT2D eigenvalue weighted by Crippen LogP contribution is 2.24. The third kappa shape index (κ3) is 7.23. The van der Waals surface area contributed by atoms with E-state index in [9.17, 15) is 0 Å². The Balaban J connectivity index is 1.35. The summed E-state index contributed by atoms with van der Waals surface area (Å²) in [5, 5.41) is 0. The zero-order valence-corrected chi connectivity index (χ0v) is 13.3. The molecule has 0 aliphatic carbocycles. The second-order valence-electron chi connectivity index (χ2n) is 4.95. The largest absolute Gasteiger partial charge is 0.380 e. The van der Waals surface area contributed by atoms with Crippen molar-refractivity contribution in [3.05, 3.63) is 0 Å². The molecule has 0 N–H and O–H groups in total. The molecule has 0 aromatic rings. The molecule has 0 amide bonds. The second-order valence-corrected chi connectivity index (χ2v) is 7.48. The molecule has 2 aliphatic rings. The number of thioether (sulfide) groups is 2. The number of ether oxygens (including phenoxy) is 3. The lowest BCUT2D eigenvalue weighted by atomic mass is 10.2. The van der Waals surface area contributed by atoms with Crippen LogP contribution in [0.5, 0.6) is 0 Å². The lowest BCUT2D eigenvalue weighted by molar-refractivity contribution is 0.0718. The number of hydrogen-bond donors (Lipinski definition) is 0. The van der Waals surface area contributed by atoms with Crippen LogP contribution in [0.25, 0.3) is 0 Å². The van der Waals surface area contributed by atoms with E-state index < -0.39 is 0 Å². The molecular weight excluding hydrogens is 280 g/mol. The van der Waals surface area contributed by atoms with Crippen LogP contribution in [-0.2, 0) is 14.2 Å². The maximum Gasteiger partial charge on any atom is 0.103 e. The van der Waals surface area contributed by atoms with E-state index in [1.807, 2.05) is 23.5 Å². The quantitative estimate of drug-likeness (QED) is 0.640. The fourth-order valence-corrected chi connectivity index (χ4v) is 4.27. The Morgan fingerprint density at radius 1 is 0.789 bits per heavy atom. The fourth-order valence-electron chi connectivity index (χ4n) is 2.26. The van der Waals surface area contributed by atoms with Crippen molar-refractivity contribution < 1.29 is 14.2 Å². The summed E-state index contributed by atoms with van der Waals surface area (Å²) >= 11 is 3.81. The molecule has 19 heavy (non-hydrogen) atoms. The van der Waals surface area contributed by atoms with Crippen LogP contribution in [0.4, 0.5) is 0 Å². The van der Waals surface area contributed by atoms with E-state index in [1.165, 1.54) is 38.5 Å². The van der Waals surface area contributed by atoms with Crippen molar-refractivity contribution in [1.29, 1.82) is 0 Å². The molecule has 2 atom stereocenters. The van der Waals surface area contributed by atoms with Crippen molar-refractivity contribution in [3.8, 4) is 0 Å². The summed E-state index contributed by atoms with van der Waals surface area (Å²) in [5.41, 5.74) is 0.838. The summed E-state index contributed by atoms with van der Waals surface area (Å²) in [7, 11) is 0. The van der Waals surface area contributed by atoms with E-state index in [-0.39, 0.29) is 0 Å². The molecule has 0 bridgehead atoms. The molecule has 2 rings (SSSR count). The molecule has 0 radical (unpaired) electrons. The Morgan fingerprint density at radius 2 is 1.32 bits per heavy atom. The summed E-state index contributed by atoms with van der Waals surface area (Å²) in [6.07, 6.45) is 7.51. The van der Waals surface area contributed by atoms with Gasteiger partial charge < -0.3 is 14.2 Å². The fraction of sp³-hybridized carbons (Fsp3) is 1.00. The van der Waals surface area contributed by atoms with Gasteiger partial charge in [0, 0.05) is 24.7 Å². The van der Waals surface area contributed by atoms with Gasteiger partial charge in [-0.25, -0.2) is 0 Å². The van der Waals surface area contributed by atoms with Gasteiger partial charge in [-0.15, -0.1) is 23.5 Å². The predicted molar refractivity (Wildman–Crippen MR) is 82.9 cm³/mol. The lowest BCUT2D eigenvalue weighted by Crippen LogP contribution is -2.17. The van der Waals surface area contributed by atoms with Gasteiger partial charge in [0.2, 0.25) is 0 Å². The molecule has 0 aromatic heterocycles. The average molecular weight is 306 g/mol. The van der Waals surface area contributed by atoms with Gasteiger partial charge in [-0.1, -0.05) is 0 Å². The van der Waals surface area contributed by atoms with Crippen molar-refractivity contribution in [1.82, 2.24) is 0 Å². The zero-order valence-electron chi connectivity index (χ0n) is 11.7. The molecule has 5 heteroatoms. The molecule has 3 nitrogen and oxygen atoms in total. The van der Waals surface area contributed by atoms with Crippen LogP contribution in [0.15, 0.2) is 0 Å². The van der Waals surface area contributed by atoms with Crippen LogP contribution < -0.4 is 0 Å². The van der Waals surface area contributed by atoms with E-state index in [0.29, 0.717) is 10.9 Å². The van der Waals surface area contributed by atoms with Gasteiger partial charge in [-0.05, 0) is 38.5 Å². The van der Waals surface area contributed by atoms with Gasteiger partial charge in [-0.3, -0.25) is 0 Å². The maximum absolute atomic E-state index is 5.67. The van der Waals surface area contributed by atoms with Crippen molar-refractivity contribution >= 4 is 23.5 Å². The van der Waals surface area contributed by atoms with Crippen LogP contribution in [0, 0.1) is 0 Å². The van der Waals surface area contributed by atoms with Crippen LogP contribution in [0.2, 0.25) is 0 Å². The van der Waals surface area contributed by atoms with Gasteiger partial charge in [0.25, 0.3) is 0 Å². The Hall–Kier alpha value is 0.580. The summed E-state index contributed by atoms with van der Waals surface area (Å²) in [6.45, 7) is 3.57. The second kappa shape index (κ2) is 10.3. The van der Waals surface area contributed by atoms with Crippen molar-refractivity contribution in [3.63, 3.8) is 0 Å². The highest BCUT2D eigenvalue weighted by atomic mass is 32.2. The molecule has 0 aromatic carbocycles.